The predicted molar refractivity (Wildman–Crippen MR) is 76.1 cm³/mol. The van der Waals surface area contributed by atoms with Gasteiger partial charge < -0.3 is 15.3 Å². The van der Waals surface area contributed by atoms with E-state index in [9.17, 15) is 9.90 Å². The highest BCUT2D eigenvalue weighted by molar-refractivity contribution is 5.90. The number of nitrogens with zero attached hydrogens (tertiary/aromatic N) is 1. The first-order chi connectivity index (χ1) is 8.90. The Hall–Kier alpha value is -1.55. The summed E-state index contributed by atoms with van der Waals surface area (Å²) in [6.45, 7) is 6.69. The number of rotatable bonds is 2. The number of carbonyl (C=O) groups excluding carboxylic acids is 1. The molecular formula is C15H22N2O2. The predicted octanol–water partition coefficient (Wildman–Crippen LogP) is 3.15. The third-order valence-electron chi connectivity index (χ3n) is 3.77. The lowest BCUT2D eigenvalue weighted by Crippen LogP contribution is -2.44. The number of urea groups is 1. The van der Waals surface area contributed by atoms with E-state index in [4.69, 9.17) is 0 Å². The summed E-state index contributed by atoms with van der Waals surface area (Å²) in [6.07, 6.45) is 1.56. The Labute approximate surface area is 114 Å². The fraction of sp³-hybridized carbons (Fsp3) is 0.533. The largest absolute Gasteiger partial charge is 0.389 e. The molecule has 0 radical (unpaired) electrons. The van der Waals surface area contributed by atoms with E-state index in [0.29, 0.717) is 0 Å². The molecule has 1 unspecified atom stereocenters. The highest BCUT2D eigenvalue weighted by atomic mass is 16.3. The van der Waals surface area contributed by atoms with Crippen molar-refractivity contribution in [1.82, 2.24) is 4.90 Å². The van der Waals surface area contributed by atoms with Gasteiger partial charge in [0.05, 0.1) is 6.10 Å². The van der Waals surface area contributed by atoms with Gasteiger partial charge in [-0.2, -0.15) is 0 Å². The maximum atomic E-state index is 12.3. The van der Waals surface area contributed by atoms with E-state index in [-0.39, 0.29) is 11.6 Å². The van der Waals surface area contributed by atoms with Crippen LogP contribution in [0.2, 0.25) is 0 Å². The molecule has 1 aliphatic rings. The van der Waals surface area contributed by atoms with Gasteiger partial charge in [-0.25, -0.2) is 4.79 Å². The number of aliphatic hydroxyl groups is 1. The van der Waals surface area contributed by atoms with Gasteiger partial charge in [0, 0.05) is 17.8 Å². The molecule has 0 spiro atoms. The molecule has 1 aromatic rings. The Kier molecular flexibility index (Phi) is 3.80. The van der Waals surface area contributed by atoms with Crippen LogP contribution < -0.4 is 5.32 Å². The first-order valence-corrected chi connectivity index (χ1v) is 6.77. The lowest BCUT2D eigenvalue weighted by Gasteiger charge is -2.31. The van der Waals surface area contributed by atoms with E-state index >= 15 is 0 Å². The first-order valence-electron chi connectivity index (χ1n) is 6.77. The molecule has 2 rings (SSSR count). The topological polar surface area (TPSA) is 52.6 Å². The van der Waals surface area contributed by atoms with Crippen molar-refractivity contribution in [3.8, 4) is 0 Å². The van der Waals surface area contributed by atoms with Crippen LogP contribution >= 0.6 is 0 Å². The standard InChI is InChI=1S/C15H22N2O2/c1-11(18)12-6-4-7-13(10-12)16-14(19)17-9-5-8-15(17,2)3/h4,6-7,10-11,18H,5,8-9H2,1-3H3,(H,16,19). The Morgan fingerprint density at radius 2 is 2.21 bits per heavy atom. The minimum absolute atomic E-state index is 0.0646. The number of anilines is 1. The first kappa shape index (κ1) is 13.9. The van der Waals surface area contributed by atoms with E-state index < -0.39 is 6.10 Å². The summed E-state index contributed by atoms with van der Waals surface area (Å²) in [7, 11) is 0. The van der Waals surface area contributed by atoms with Gasteiger partial charge >= 0.3 is 6.03 Å². The molecule has 0 bridgehead atoms. The minimum atomic E-state index is -0.528. The van der Waals surface area contributed by atoms with Crippen molar-refractivity contribution >= 4 is 11.7 Å². The molecule has 104 valence electrons. The van der Waals surface area contributed by atoms with Gasteiger partial charge in [-0.05, 0) is 51.3 Å². The van der Waals surface area contributed by atoms with Crippen molar-refractivity contribution in [3.63, 3.8) is 0 Å². The van der Waals surface area contributed by atoms with E-state index in [2.05, 4.69) is 19.2 Å². The van der Waals surface area contributed by atoms with Crippen molar-refractivity contribution < 1.29 is 9.90 Å². The molecule has 0 aromatic heterocycles. The molecule has 1 atom stereocenters. The third kappa shape index (κ3) is 3.07. The van der Waals surface area contributed by atoms with Gasteiger partial charge in [-0.1, -0.05) is 12.1 Å². The molecule has 1 heterocycles. The molecule has 0 saturated carbocycles. The number of amides is 2. The number of carbonyl (C=O) groups is 1. The number of benzene rings is 1. The van der Waals surface area contributed by atoms with Crippen molar-refractivity contribution in [1.29, 1.82) is 0 Å². The van der Waals surface area contributed by atoms with E-state index in [1.807, 2.05) is 29.2 Å². The van der Waals surface area contributed by atoms with Crippen LogP contribution in [0, 0.1) is 0 Å². The smallest absolute Gasteiger partial charge is 0.322 e. The minimum Gasteiger partial charge on any atom is -0.389 e. The van der Waals surface area contributed by atoms with Crippen molar-refractivity contribution in [2.75, 3.05) is 11.9 Å². The molecule has 2 amide bonds. The second-order valence-corrected chi connectivity index (χ2v) is 5.80. The van der Waals surface area contributed by atoms with Crippen LogP contribution in [-0.2, 0) is 0 Å². The van der Waals surface area contributed by atoms with Crippen LogP contribution in [-0.4, -0.2) is 28.1 Å². The van der Waals surface area contributed by atoms with Crippen LogP contribution in [0.25, 0.3) is 0 Å². The highest BCUT2D eigenvalue weighted by Crippen LogP contribution is 2.29. The summed E-state index contributed by atoms with van der Waals surface area (Å²) in [5.41, 5.74) is 1.45. The molecule has 1 saturated heterocycles. The summed E-state index contributed by atoms with van der Waals surface area (Å²) in [6, 6.07) is 7.27. The monoisotopic (exact) mass is 262 g/mol. The van der Waals surface area contributed by atoms with Gasteiger partial charge in [0.2, 0.25) is 0 Å². The zero-order valence-electron chi connectivity index (χ0n) is 11.8. The summed E-state index contributed by atoms with van der Waals surface area (Å²) < 4.78 is 0. The van der Waals surface area contributed by atoms with Crippen LogP contribution in [0.15, 0.2) is 24.3 Å². The van der Waals surface area contributed by atoms with Crippen LogP contribution in [0.4, 0.5) is 10.5 Å². The molecule has 2 N–H and O–H groups in total. The fourth-order valence-corrected chi connectivity index (χ4v) is 2.55. The molecule has 1 aliphatic heterocycles. The van der Waals surface area contributed by atoms with Crippen LogP contribution in [0.1, 0.15) is 45.3 Å². The third-order valence-corrected chi connectivity index (χ3v) is 3.77. The van der Waals surface area contributed by atoms with Gasteiger partial charge in [0.1, 0.15) is 0 Å². The molecule has 4 nitrogen and oxygen atoms in total. The summed E-state index contributed by atoms with van der Waals surface area (Å²) in [4.78, 5) is 14.1. The highest BCUT2D eigenvalue weighted by Gasteiger charge is 2.35. The van der Waals surface area contributed by atoms with Gasteiger partial charge in [0.25, 0.3) is 0 Å². The van der Waals surface area contributed by atoms with Crippen molar-refractivity contribution in [3.05, 3.63) is 29.8 Å². The zero-order chi connectivity index (χ0) is 14.0. The molecule has 0 aliphatic carbocycles. The van der Waals surface area contributed by atoms with Crippen molar-refractivity contribution in [2.45, 2.75) is 45.3 Å². The lowest BCUT2D eigenvalue weighted by atomic mass is 10.0. The molecule has 1 fully saturated rings. The van der Waals surface area contributed by atoms with E-state index in [1.165, 1.54) is 0 Å². The Balaban J connectivity index is 2.09. The second kappa shape index (κ2) is 5.21. The van der Waals surface area contributed by atoms with Gasteiger partial charge in [0.15, 0.2) is 0 Å². The molecule has 19 heavy (non-hydrogen) atoms. The Morgan fingerprint density at radius 3 is 2.79 bits per heavy atom. The molecular weight excluding hydrogens is 240 g/mol. The Morgan fingerprint density at radius 1 is 1.47 bits per heavy atom. The number of likely N-dealkylation sites (tertiary alicyclic amines) is 1. The Bertz CT molecular complexity index is 469. The fourth-order valence-electron chi connectivity index (χ4n) is 2.55. The number of hydrogen-bond acceptors (Lipinski definition) is 2. The van der Waals surface area contributed by atoms with E-state index in [1.54, 1.807) is 6.92 Å². The maximum Gasteiger partial charge on any atom is 0.322 e. The number of nitrogens with one attached hydrogen (secondary N) is 1. The summed E-state index contributed by atoms with van der Waals surface area (Å²) >= 11 is 0. The summed E-state index contributed by atoms with van der Waals surface area (Å²) in [5, 5.41) is 12.5. The summed E-state index contributed by atoms with van der Waals surface area (Å²) in [5.74, 6) is 0. The van der Waals surface area contributed by atoms with Crippen LogP contribution in [0.5, 0.6) is 0 Å². The number of aliphatic hydroxyl groups excluding tert-OH is 1. The number of hydrogen-bond donors (Lipinski definition) is 2. The van der Waals surface area contributed by atoms with Gasteiger partial charge in [-0.15, -0.1) is 0 Å². The van der Waals surface area contributed by atoms with E-state index in [0.717, 1.165) is 30.6 Å². The quantitative estimate of drug-likeness (QED) is 0.860. The maximum absolute atomic E-state index is 12.3. The lowest BCUT2D eigenvalue weighted by molar-refractivity contribution is 0.178. The average molecular weight is 262 g/mol. The molecule has 1 aromatic carbocycles. The van der Waals surface area contributed by atoms with Crippen LogP contribution in [0.3, 0.4) is 0 Å². The average Bonchev–Trinajstić information content (AvgIpc) is 2.69. The second-order valence-electron chi connectivity index (χ2n) is 5.80. The van der Waals surface area contributed by atoms with Gasteiger partial charge in [-0.3, -0.25) is 0 Å². The van der Waals surface area contributed by atoms with Crippen molar-refractivity contribution in [2.24, 2.45) is 0 Å². The normalized spacial score (nSPS) is 19.3. The zero-order valence-corrected chi connectivity index (χ0v) is 11.8. The molecule has 4 heteroatoms. The SMILES string of the molecule is CC(O)c1cccc(NC(=O)N2CCCC2(C)C)c1.